The summed E-state index contributed by atoms with van der Waals surface area (Å²) in [5.41, 5.74) is 0.637. The lowest BCUT2D eigenvalue weighted by molar-refractivity contribution is 0.0711. The second-order valence-electron chi connectivity index (χ2n) is 6.13. The summed E-state index contributed by atoms with van der Waals surface area (Å²) in [7, 11) is 1.56. The topological polar surface area (TPSA) is 77.2 Å². The second kappa shape index (κ2) is 5.31. The van der Waals surface area contributed by atoms with E-state index in [4.69, 9.17) is 9.26 Å². The molecule has 0 spiro atoms. The van der Waals surface area contributed by atoms with Crippen LogP contribution in [0.5, 0.6) is 5.88 Å². The first-order valence-corrected chi connectivity index (χ1v) is 7.72. The maximum atomic E-state index is 5.60. The third kappa shape index (κ3) is 2.25. The first kappa shape index (κ1) is 13.6. The van der Waals surface area contributed by atoms with Crippen molar-refractivity contribution in [2.45, 2.75) is 31.1 Å². The summed E-state index contributed by atoms with van der Waals surface area (Å²) >= 11 is 0. The zero-order valence-electron chi connectivity index (χ0n) is 12.7. The van der Waals surface area contributed by atoms with Crippen LogP contribution >= 0.6 is 0 Å². The number of fused-ring (bicyclic) bond motifs is 2. The number of hydrogen-bond donors (Lipinski definition) is 0. The Kier molecular flexibility index (Phi) is 3.29. The third-order valence-corrected chi connectivity index (χ3v) is 4.73. The van der Waals surface area contributed by atoms with Crippen molar-refractivity contribution in [1.29, 1.82) is 0 Å². The number of aromatic nitrogens is 4. The van der Waals surface area contributed by atoms with Gasteiger partial charge in [-0.2, -0.15) is 4.98 Å². The van der Waals surface area contributed by atoms with E-state index >= 15 is 0 Å². The lowest BCUT2D eigenvalue weighted by Gasteiger charge is -2.44. The smallest absolute Gasteiger partial charge is 0.234 e. The molecule has 116 valence electrons. The molecule has 0 aliphatic carbocycles. The average Bonchev–Trinajstić information content (AvgIpc) is 3.06. The van der Waals surface area contributed by atoms with Crippen molar-refractivity contribution >= 4 is 0 Å². The molecule has 0 N–H and O–H groups in total. The lowest BCUT2D eigenvalue weighted by Crippen LogP contribution is -2.50. The summed E-state index contributed by atoms with van der Waals surface area (Å²) in [6.45, 7) is 3.41. The molecule has 4 heterocycles. The molecule has 0 atom stereocenters. The van der Waals surface area contributed by atoms with Gasteiger partial charge in [0.2, 0.25) is 17.6 Å². The molecule has 2 fully saturated rings. The fourth-order valence-corrected chi connectivity index (χ4v) is 3.62. The predicted molar refractivity (Wildman–Crippen MR) is 78.5 cm³/mol. The van der Waals surface area contributed by atoms with Gasteiger partial charge in [-0.15, -0.1) is 0 Å². The van der Waals surface area contributed by atoms with Gasteiger partial charge < -0.3 is 14.2 Å². The molecule has 0 saturated carbocycles. The molecule has 0 unspecified atom stereocenters. The van der Waals surface area contributed by atoms with Gasteiger partial charge >= 0.3 is 0 Å². The molecule has 22 heavy (non-hydrogen) atoms. The van der Waals surface area contributed by atoms with E-state index in [2.05, 4.69) is 25.0 Å². The number of hydrogen-bond acceptors (Lipinski definition) is 7. The Morgan fingerprint density at radius 2 is 2.00 bits per heavy atom. The van der Waals surface area contributed by atoms with Crippen molar-refractivity contribution in [2.75, 3.05) is 26.7 Å². The highest BCUT2D eigenvalue weighted by Gasteiger charge is 2.44. The van der Waals surface area contributed by atoms with Gasteiger partial charge in [0.15, 0.2) is 0 Å². The highest BCUT2D eigenvalue weighted by Crippen LogP contribution is 2.40. The normalized spacial score (nSPS) is 27.6. The van der Waals surface area contributed by atoms with E-state index in [0.717, 1.165) is 25.3 Å². The van der Waals surface area contributed by atoms with Crippen LogP contribution in [0.25, 0.3) is 11.5 Å². The maximum Gasteiger partial charge on any atom is 0.234 e. The Morgan fingerprint density at radius 1 is 1.18 bits per heavy atom. The molecular formula is C15H19N5O2. The second-order valence-corrected chi connectivity index (χ2v) is 6.13. The summed E-state index contributed by atoms with van der Waals surface area (Å²) in [6.07, 6.45) is 7.81. The molecule has 2 aliphatic rings. The van der Waals surface area contributed by atoms with Gasteiger partial charge in [-0.05, 0) is 38.8 Å². The van der Waals surface area contributed by atoms with Crippen molar-refractivity contribution in [3.63, 3.8) is 0 Å². The Balaban J connectivity index is 1.63. The standard InChI is InChI=1S/C15H19N5O2/c1-21-12-9-16-11(8-17-12)13-18-14(22-19-13)15-4-2-6-20(10-15)7-3-5-15/h8-9H,2-7,10H2,1H3. The molecule has 2 saturated heterocycles. The predicted octanol–water partition coefficient (Wildman–Crippen LogP) is 1.66. The molecule has 2 aliphatic heterocycles. The van der Waals surface area contributed by atoms with E-state index < -0.39 is 0 Å². The van der Waals surface area contributed by atoms with E-state index in [-0.39, 0.29) is 5.41 Å². The molecule has 7 nitrogen and oxygen atoms in total. The fourth-order valence-electron chi connectivity index (χ4n) is 3.62. The first-order valence-electron chi connectivity index (χ1n) is 7.72. The number of ether oxygens (including phenoxy) is 1. The van der Waals surface area contributed by atoms with Crippen LogP contribution in [-0.2, 0) is 5.41 Å². The van der Waals surface area contributed by atoms with E-state index in [9.17, 15) is 0 Å². The van der Waals surface area contributed by atoms with E-state index in [1.807, 2.05) is 0 Å². The zero-order valence-corrected chi connectivity index (χ0v) is 12.7. The van der Waals surface area contributed by atoms with Gasteiger partial charge in [0.25, 0.3) is 0 Å². The first-order chi connectivity index (χ1) is 10.8. The molecule has 0 amide bonds. The number of piperidine rings is 2. The van der Waals surface area contributed by atoms with Crippen LogP contribution in [0.2, 0.25) is 0 Å². The van der Waals surface area contributed by atoms with Crippen LogP contribution in [0, 0.1) is 0 Å². The Hall–Kier alpha value is -2.02. The van der Waals surface area contributed by atoms with Crippen LogP contribution in [-0.4, -0.2) is 51.8 Å². The minimum absolute atomic E-state index is 0.0294. The summed E-state index contributed by atoms with van der Waals surface area (Å²) in [5, 5.41) is 4.11. The van der Waals surface area contributed by atoms with Gasteiger partial charge in [0.05, 0.1) is 24.9 Å². The SMILES string of the molecule is COc1cnc(-c2noc(C34CCCN(CCC3)C4)n2)cn1. The number of rotatable bonds is 3. The summed E-state index contributed by atoms with van der Waals surface area (Å²) in [4.78, 5) is 15.5. The number of methoxy groups -OCH3 is 1. The summed E-state index contributed by atoms with van der Waals surface area (Å²) < 4.78 is 10.6. The highest BCUT2D eigenvalue weighted by molar-refractivity contribution is 5.46. The lowest BCUT2D eigenvalue weighted by atomic mass is 9.73. The van der Waals surface area contributed by atoms with Crippen LogP contribution in [0.15, 0.2) is 16.9 Å². The Bertz CT molecular complexity index is 644. The minimum atomic E-state index is 0.0294. The highest BCUT2D eigenvalue weighted by atomic mass is 16.5. The van der Waals surface area contributed by atoms with E-state index in [1.54, 1.807) is 19.5 Å². The quantitative estimate of drug-likeness (QED) is 0.853. The molecule has 0 aromatic carbocycles. The summed E-state index contributed by atoms with van der Waals surface area (Å²) in [6, 6.07) is 0. The molecule has 2 aromatic rings. The minimum Gasteiger partial charge on any atom is -0.480 e. The number of nitrogens with zero attached hydrogens (tertiary/aromatic N) is 5. The van der Waals surface area contributed by atoms with Crippen LogP contribution in [0.4, 0.5) is 0 Å². The van der Waals surface area contributed by atoms with Gasteiger partial charge in [-0.3, -0.25) is 0 Å². The van der Waals surface area contributed by atoms with Gasteiger partial charge in [0, 0.05) is 6.54 Å². The van der Waals surface area contributed by atoms with Gasteiger partial charge in [-0.1, -0.05) is 5.16 Å². The zero-order chi connectivity index (χ0) is 15.0. The van der Waals surface area contributed by atoms with Crippen LogP contribution in [0.3, 0.4) is 0 Å². The van der Waals surface area contributed by atoms with E-state index in [0.29, 0.717) is 17.4 Å². The third-order valence-electron chi connectivity index (χ3n) is 4.73. The van der Waals surface area contributed by atoms with E-state index in [1.165, 1.54) is 25.9 Å². The maximum absolute atomic E-state index is 5.60. The molecule has 2 aromatic heterocycles. The Labute approximate surface area is 128 Å². The average molecular weight is 301 g/mol. The molecule has 0 radical (unpaired) electrons. The van der Waals surface area contributed by atoms with Crippen LogP contribution in [0.1, 0.15) is 31.6 Å². The largest absolute Gasteiger partial charge is 0.480 e. The van der Waals surface area contributed by atoms with Crippen molar-refractivity contribution in [3.8, 4) is 17.4 Å². The monoisotopic (exact) mass is 301 g/mol. The van der Waals surface area contributed by atoms with Crippen molar-refractivity contribution in [1.82, 2.24) is 25.0 Å². The van der Waals surface area contributed by atoms with Crippen molar-refractivity contribution < 1.29 is 9.26 Å². The van der Waals surface area contributed by atoms with Gasteiger partial charge in [-0.25, -0.2) is 9.97 Å². The van der Waals surface area contributed by atoms with Crippen LogP contribution < -0.4 is 4.74 Å². The molecular weight excluding hydrogens is 282 g/mol. The molecule has 2 bridgehead atoms. The van der Waals surface area contributed by atoms with Gasteiger partial charge in [0.1, 0.15) is 5.69 Å². The Morgan fingerprint density at radius 3 is 2.68 bits per heavy atom. The molecule has 7 heteroatoms. The summed E-state index contributed by atoms with van der Waals surface area (Å²) in [5.74, 6) is 1.73. The van der Waals surface area contributed by atoms with Crippen molar-refractivity contribution in [3.05, 3.63) is 18.3 Å². The fraction of sp³-hybridized carbons (Fsp3) is 0.600. The van der Waals surface area contributed by atoms with Crippen molar-refractivity contribution in [2.24, 2.45) is 0 Å². The molecule has 4 rings (SSSR count).